The van der Waals surface area contributed by atoms with Crippen LogP contribution in [0.1, 0.15) is 15.9 Å². The lowest BCUT2D eigenvalue weighted by molar-refractivity contribution is -0.274. The van der Waals surface area contributed by atoms with Gasteiger partial charge in [-0.1, -0.05) is 35.9 Å². The van der Waals surface area contributed by atoms with Crippen LogP contribution in [-0.2, 0) is 6.42 Å². The van der Waals surface area contributed by atoms with E-state index in [9.17, 15) is 18.0 Å². The number of hydrogen-bond donors (Lipinski definition) is 1. The fourth-order valence-electron chi connectivity index (χ4n) is 2.51. The van der Waals surface area contributed by atoms with E-state index in [1.54, 1.807) is 24.3 Å². The number of hydrogen-bond acceptors (Lipinski definition) is 5. The summed E-state index contributed by atoms with van der Waals surface area (Å²) in [6.45, 7) is 0. The van der Waals surface area contributed by atoms with Gasteiger partial charge in [0.25, 0.3) is 0 Å². The molecule has 3 rings (SSSR count). The molecule has 0 amide bonds. The number of alkyl halides is 3. The molecule has 1 heterocycles. The van der Waals surface area contributed by atoms with Gasteiger partial charge < -0.3 is 15.2 Å². The molecule has 2 N–H and O–H groups in total. The van der Waals surface area contributed by atoms with Crippen LogP contribution in [0.2, 0.25) is 5.02 Å². The number of nitrogens with two attached hydrogens (primary N) is 1. The Bertz CT molecular complexity index is 1040. The predicted octanol–water partition coefficient (Wildman–Crippen LogP) is 5.43. The Balaban J connectivity index is 1.74. The first-order valence-corrected chi connectivity index (χ1v) is 8.64. The second kappa shape index (κ2) is 8.40. The average molecular weight is 423 g/mol. The van der Waals surface area contributed by atoms with Gasteiger partial charge in [-0.15, -0.1) is 13.2 Å². The summed E-state index contributed by atoms with van der Waals surface area (Å²) in [5.74, 6) is -0.0152. The largest absolute Gasteiger partial charge is 0.573 e. The zero-order valence-corrected chi connectivity index (χ0v) is 15.5. The zero-order valence-electron chi connectivity index (χ0n) is 14.7. The molecule has 3 aromatic rings. The predicted molar refractivity (Wildman–Crippen MR) is 101 cm³/mol. The van der Waals surface area contributed by atoms with Crippen LogP contribution < -0.4 is 15.2 Å². The van der Waals surface area contributed by atoms with Crippen molar-refractivity contribution in [3.8, 4) is 17.2 Å². The highest BCUT2D eigenvalue weighted by Crippen LogP contribution is 2.29. The van der Waals surface area contributed by atoms with Crippen molar-refractivity contribution in [2.24, 2.45) is 0 Å². The van der Waals surface area contributed by atoms with Crippen molar-refractivity contribution in [3.05, 3.63) is 76.9 Å². The highest BCUT2D eigenvalue weighted by molar-refractivity contribution is 6.30. The van der Waals surface area contributed by atoms with Crippen molar-refractivity contribution in [1.29, 1.82) is 0 Å². The standard InChI is InChI=1S/C20H14ClF3N2O3/c21-14-10-18(19(25)26-11-14)28-15-5-1-3-12(7-15)8-17(27)13-4-2-6-16(9-13)29-20(22,23)24/h1-7,9-11H,8H2,(H2,25,26). The molecule has 0 unspecified atom stereocenters. The van der Waals surface area contributed by atoms with Crippen LogP contribution in [0.5, 0.6) is 17.2 Å². The molecule has 150 valence electrons. The number of nitrogen functional groups attached to an aromatic ring is 1. The number of pyridine rings is 1. The van der Waals surface area contributed by atoms with Crippen molar-refractivity contribution in [3.63, 3.8) is 0 Å². The third-order valence-electron chi connectivity index (χ3n) is 3.73. The molecule has 0 saturated carbocycles. The third-order valence-corrected chi connectivity index (χ3v) is 3.94. The first kappa shape index (κ1) is 20.5. The summed E-state index contributed by atoms with van der Waals surface area (Å²) in [7, 11) is 0. The van der Waals surface area contributed by atoms with Gasteiger partial charge in [-0.3, -0.25) is 4.79 Å². The summed E-state index contributed by atoms with van der Waals surface area (Å²) in [6, 6.07) is 13.1. The first-order valence-electron chi connectivity index (χ1n) is 8.26. The topological polar surface area (TPSA) is 74.4 Å². The van der Waals surface area contributed by atoms with E-state index in [0.29, 0.717) is 16.3 Å². The van der Waals surface area contributed by atoms with Crippen LogP contribution in [0.25, 0.3) is 0 Å². The SMILES string of the molecule is Nc1ncc(Cl)cc1Oc1cccc(CC(=O)c2cccc(OC(F)(F)F)c2)c1. The van der Waals surface area contributed by atoms with Crippen LogP contribution in [-0.4, -0.2) is 17.1 Å². The minimum absolute atomic E-state index is 0.0457. The molecule has 0 aliphatic rings. The third kappa shape index (κ3) is 5.86. The van der Waals surface area contributed by atoms with E-state index in [0.717, 1.165) is 12.1 Å². The van der Waals surface area contributed by atoms with Crippen molar-refractivity contribution < 1.29 is 27.4 Å². The normalized spacial score (nSPS) is 11.2. The fraction of sp³-hybridized carbons (Fsp3) is 0.100. The summed E-state index contributed by atoms with van der Waals surface area (Å²) >= 11 is 5.88. The molecule has 0 aliphatic carbocycles. The Labute approximate surface area is 168 Å². The van der Waals surface area contributed by atoms with Crippen molar-refractivity contribution in [2.45, 2.75) is 12.8 Å². The van der Waals surface area contributed by atoms with E-state index in [4.69, 9.17) is 22.1 Å². The molecule has 0 saturated heterocycles. The second-order valence-electron chi connectivity index (χ2n) is 5.96. The highest BCUT2D eigenvalue weighted by Gasteiger charge is 2.31. The fourth-order valence-corrected chi connectivity index (χ4v) is 2.66. The lowest BCUT2D eigenvalue weighted by Gasteiger charge is -2.11. The van der Waals surface area contributed by atoms with Crippen LogP contribution in [0.4, 0.5) is 19.0 Å². The molecule has 0 radical (unpaired) electrons. The highest BCUT2D eigenvalue weighted by atomic mass is 35.5. The second-order valence-corrected chi connectivity index (χ2v) is 6.40. The summed E-state index contributed by atoms with van der Waals surface area (Å²) in [5, 5.41) is 0.349. The smallest absolute Gasteiger partial charge is 0.453 e. The van der Waals surface area contributed by atoms with E-state index in [-0.39, 0.29) is 29.3 Å². The van der Waals surface area contributed by atoms with Gasteiger partial charge in [0.2, 0.25) is 0 Å². The summed E-state index contributed by atoms with van der Waals surface area (Å²) in [5.41, 5.74) is 6.45. The van der Waals surface area contributed by atoms with Crippen molar-refractivity contribution in [1.82, 2.24) is 4.98 Å². The quantitative estimate of drug-likeness (QED) is 0.536. The van der Waals surface area contributed by atoms with Crippen LogP contribution in [0, 0.1) is 0 Å². The number of carbonyl (C=O) groups is 1. The monoisotopic (exact) mass is 422 g/mol. The Kier molecular flexibility index (Phi) is 5.93. The number of anilines is 1. The van der Waals surface area contributed by atoms with E-state index < -0.39 is 12.1 Å². The van der Waals surface area contributed by atoms with E-state index in [1.807, 2.05) is 0 Å². The van der Waals surface area contributed by atoms with Gasteiger partial charge in [-0.05, 0) is 29.8 Å². The van der Waals surface area contributed by atoms with Crippen molar-refractivity contribution >= 4 is 23.2 Å². The molecule has 2 aromatic carbocycles. The van der Waals surface area contributed by atoms with Crippen LogP contribution >= 0.6 is 11.6 Å². The molecule has 0 spiro atoms. The molecule has 1 aromatic heterocycles. The van der Waals surface area contributed by atoms with Crippen molar-refractivity contribution in [2.75, 3.05) is 5.73 Å². The maximum atomic E-state index is 12.5. The summed E-state index contributed by atoms with van der Waals surface area (Å²) in [6.07, 6.45) is -3.49. The Morgan fingerprint density at radius 3 is 2.55 bits per heavy atom. The van der Waals surface area contributed by atoms with E-state index in [2.05, 4.69) is 9.72 Å². The summed E-state index contributed by atoms with van der Waals surface area (Å²) < 4.78 is 46.6. The van der Waals surface area contributed by atoms with Gasteiger partial charge in [0.1, 0.15) is 11.5 Å². The molecular weight excluding hydrogens is 409 g/mol. The van der Waals surface area contributed by atoms with E-state index in [1.165, 1.54) is 24.4 Å². The van der Waals surface area contributed by atoms with Crippen LogP contribution in [0.15, 0.2) is 60.8 Å². The molecule has 0 bridgehead atoms. The van der Waals surface area contributed by atoms with Gasteiger partial charge in [0, 0.05) is 24.2 Å². The van der Waals surface area contributed by atoms with Gasteiger partial charge in [-0.25, -0.2) is 4.98 Å². The Hall–Kier alpha value is -3.26. The lowest BCUT2D eigenvalue weighted by atomic mass is 10.0. The molecule has 0 atom stereocenters. The molecular formula is C20H14ClF3N2O3. The van der Waals surface area contributed by atoms with Gasteiger partial charge in [0.05, 0.1) is 5.02 Å². The van der Waals surface area contributed by atoms with Gasteiger partial charge >= 0.3 is 6.36 Å². The Morgan fingerprint density at radius 2 is 1.79 bits per heavy atom. The minimum Gasteiger partial charge on any atom is -0.453 e. The number of aromatic nitrogens is 1. The minimum atomic E-state index is -4.83. The first-order chi connectivity index (χ1) is 13.7. The number of rotatable bonds is 6. The number of ketones is 1. The number of nitrogens with zero attached hydrogens (tertiary/aromatic N) is 1. The zero-order chi connectivity index (χ0) is 21.0. The average Bonchev–Trinajstić information content (AvgIpc) is 2.64. The molecule has 0 fully saturated rings. The number of ether oxygens (including phenoxy) is 2. The Morgan fingerprint density at radius 1 is 1.07 bits per heavy atom. The maximum Gasteiger partial charge on any atom is 0.573 e. The number of Topliss-reactive ketones (excluding diaryl/α,β-unsaturated/α-hetero) is 1. The molecule has 5 nitrogen and oxygen atoms in total. The number of benzene rings is 2. The molecule has 0 aliphatic heterocycles. The number of carbonyl (C=O) groups excluding carboxylic acids is 1. The van der Waals surface area contributed by atoms with Gasteiger partial charge in [0.15, 0.2) is 17.4 Å². The molecule has 9 heteroatoms. The van der Waals surface area contributed by atoms with E-state index >= 15 is 0 Å². The van der Waals surface area contributed by atoms with Crippen LogP contribution in [0.3, 0.4) is 0 Å². The number of halogens is 4. The summed E-state index contributed by atoms with van der Waals surface area (Å²) in [4.78, 5) is 16.4. The lowest BCUT2D eigenvalue weighted by Crippen LogP contribution is -2.17. The molecule has 29 heavy (non-hydrogen) atoms. The maximum absolute atomic E-state index is 12.5. The van der Waals surface area contributed by atoms with Gasteiger partial charge in [-0.2, -0.15) is 0 Å².